The fourth-order valence-corrected chi connectivity index (χ4v) is 2.69. The van der Waals surface area contributed by atoms with Gasteiger partial charge >= 0.3 is 5.63 Å². The standard InChI is InChI=1S/C19H19NO3/c1-3-20(15-7-5-4-6-8-15)13-14-11-19(21)23-18-10-9-16(22-2)12-17(14)18/h4-12H,3,13H2,1-2H3. The molecule has 2 aromatic carbocycles. The molecule has 0 bridgehead atoms. The fraction of sp³-hybridized carbons (Fsp3) is 0.211. The van der Waals surface area contributed by atoms with Crippen molar-refractivity contribution in [2.45, 2.75) is 13.5 Å². The van der Waals surface area contributed by atoms with Crippen molar-refractivity contribution in [3.63, 3.8) is 0 Å². The van der Waals surface area contributed by atoms with E-state index in [-0.39, 0.29) is 5.63 Å². The van der Waals surface area contributed by atoms with Crippen LogP contribution in [0.5, 0.6) is 5.75 Å². The van der Waals surface area contributed by atoms with Gasteiger partial charge < -0.3 is 14.1 Å². The van der Waals surface area contributed by atoms with Crippen molar-refractivity contribution in [3.05, 3.63) is 70.6 Å². The van der Waals surface area contributed by atoms with Crippen molar-refractivity contribution in [1.29, 1.82) is 0 Å². The van der Waals surface area contributed by atoms with Crippen molar-refractivity contribution in [2.24, 2.45) is 0 Å². The quantitative estimate of drug-likeness (QED) is 0.672. The maximum atomic E-state index is 11.8. The molecule has 4 nitrogen and oxygen atoms in total. The van der Waals surface area contributed by atoms with Crippen LogP contribution in [0.1, 0.15) is 12.5 Å². The maximum Gasteiger partial charge on any atom is 0.336 e. The first kappa shape index (κ1) is 15.2. The van der Waals surface area contributed by atoms with Crippen molar-refractivity contribution < 1.29 is 9.15 Å². The highest BCUT2D eigenvalue weighted by Crippen LogP contribution is 2.25. The highest BCUT2D eigenvalue weighted by Gasteiger charge is 2.11. The highest BCUT2D eigenvalue weighted by molar-refractivity contribution is 5.82. The number of hydrogen-bond donors (Lipinski definition) is 0. The summed E-state index contributed by atoms with van der Waals surface area (Å²) in [6.45, 7) is 3.58. The Kier molecular flexibility index (Phi) is 4.33. The zero-order chi connectivity index (χ0) is 16.2. The first-order chi connectivity index (χ1) is 11.2. The van der Waals surface area contributed by atoms with Crippen LogP contribution < -0.4 is 15.3 Å². The second-order valence-electron chi connectivity index (χ2n) is 5.30. The highest BCUT2D eigenvalue weighted by atomic mass is 16.5. The monoisotopic (exact) mass is 309 g/mol. The molecule has 0 aliphatic carbocycles. The molecule has 4 heteroatoms. The van der Waals surface area contributed by atoms with Crippen LogP contribution in [0.15, 0.2) is 63.8 Å². The third-order valence-electron chi connectivity index (χ3n) is 3.90. The van der Waals surface area contributed by atoms with E-state index in [9.17, 15) is 4.79 Å². The van der Waals surface area contributed by atoms with Gasteiger partial charge in [-0.3, -0.25) is 0 Å². The van der Waals surface area contributed by atoms with Crippen LogP contribution in [0.25, 0.3) is 11.0 Å². The number of para-hydroxylation sites is 1. The molecule has 0 radical (unpaired) electrons. The van der Waals surface area contributed by atoms with E-state index in [0.717, 1.165) is 28.9 Å². The second kappa shape index (κ2) is 6.57. The molecule has 0 aliphatic heterocycles. The number of methoxy groups -OCH3 is 1. The minimum absolute atomic E-state index is 0.332. The maximum absolute atomic E-state index is 11.8. The summed E-state index contributed by atoms with van der Waals surface area (Å²) < 4.78 is 10.6. The van der Waals surface area contributed by atoms with Crippen LogP contribution in [-0.4, -0.2) is 13.7 Å². The molecule has 0 atom stereocenters. The summed E-state index contributed by atoms with van der Waals surface area (Å²) in [4.78, 5) is 14.1. The van der Waals surface area contributed by atoms with Gasteiger partial charge in [0.1, 0.15) is 11.3 Å². The minimum Gasteiger partial charge on any atom is -0.497 e. The molecule has 0 unspecified atom stereocenters. The van der Waals surface area contributed by atoms with E-state index in [4.69, 9.17) is 9.15 Å². The van der Waals surface area contributed by atoms with Gasteiger partial charge in [0.15, 0.2) is 0 Å². The molecule has 3 rings (SSSR count). The molecular weight excluding hydrogens is 290 g/mol. The Hall–Kier alpha value is -2.75. The Morgan fingerprint density at radius 3 is 2.57 bits per heavy atom. The molecule has 1 aromatic heterocycles. The summed E-state index contributed by atoms with van der Waals surface area (Å²) in [6, 6.07) is 17.2. The van der Waals surface area contributed by atoms with Gasteiger partial charge in [0.05, 0.1) is 7.11 Å². The molecule has 1 heterocycles. The average molecular weight is 309 g/mol. The molecule has 118 valence electrons. The first-order valence-corrected chi connectivity index (χ1v) is 7.62. The zero-order valence-corrected chi connectivity index (χ0v) is 13.3. The Labute approximate surface area is 134 Å². The van der Waals surface area contributed by atoms with Crippen molar-refractivity contribution >= 4 is 16.7 Å². The van der Waals surface area contributed by atoms with Crippen LogP contribution >= 0.6 is 0 Å². The molecule has 0 amide bonds. The largest absolute Gasteiger partial charge is 0.497 e. The molecule has 0 spiro atoms. The summed E-state index contributed by atoms with van der Waals surface area (Å²) in [5, 5.41) is 0.901. The Bertz CT molecular complexity index is 855. The first-order valence-electron chi connectivity index (χ1n) is 7.62. The fourth-order valence-electron chi connectivity index (χ4n) is 2.69. The molecular formula is C19H19NO3. The molecule has 0 saturated heterocycles. The van der Waals surface area contributed by atoms with Gasteiger partial charge in [0, 0.05) is 30.2 Å². The van der Waals surface area contributed by atoms with Gasteiger partial charge in [-0.15, -0.1) is 0 Å². The van der Waals surface area contributed by atoms with Crippen molar-refractivity contribution in [3.8, 4) is 5.75 Å². The van der Waals surface area contributed by atoms with Gasteiger partial charge in [0.25, 0.3) is 0 Å². The number of nitrogens with zero attached hydrogens (tertiary/aromatic N) is 1. The average Bonchev–Trinajstić information content (AvgIpc) is 2.59. The van der Waals surface area contributed by atoms with E-state index >= 15 is 0 Å². The van der Waals surface area contributed by atoms with Crippen LogP contribution in [0, 0.1) is 0 Å². The number of hydrogen-bond acceptors (Lipinski definition) is 4. The number of benzene rings is 2. The van der Waals surface area contributed by atoms with Gasteiger partial charge in [0.2, 0.25) is 0 Å². The predicted molar refractivity (Wildman–Crippen MR) is 92.2 cm³/mol. The van der Waals surface area contributed by atoms with Gasteiger partial charge in [-0.25, -0.2) is 4.79 Å². The topological polar surface area (TPSA) is 42.7 Å². The van der Waals surface area contributed by atoms with E-state index in [0.29, 0.717) is 12.1 Å². The normalized spacial score (nSPS) is 10.7. The van der Waals surface area contributed by atoms with E-state index < -0.39 is 0 Å². The molecule has 0 aliphatic rings. The summed E-state index contributed by atoms with van der Waals surface area (Å²) in [6.07, 6.45) is 0. The Morgan fingerprint density at radius 2 is 1.87 bits per heavy atom. The molecule has 0 N–H and O–H groups in total. The summed E-state index contributed by atoms with van der Waals surface area (Å²) in [5.41, 5.74) is 2.30. The lowest BCUT2D eigenvalue weighted by atomic mass is 10.1. The Balaban J connectivity index is 2.06. The van der Waals surface area contributed by atoms with Crippen molar-refractivity contribution in [1.82, 2.24) is 0 Å². The summed E-state index contributed by atoms with van der Waals surface area (Å²) >= 11 is 0. The van der Waals surface area contributed by atoms with Crippen LogP contribution in [0.2, 0.25) is 0 Å². The van der Waals surface area contributed by atoms with Crippen LogP contribution in [-0.2, 0) is 6.54 Å². The third kappa shape index (κ3) is 3.21. The van der Waals surface area contributed by atoms with E-state index in [1.165, 1.54) is 0 Å². The van der Waals surface area contributed by atoms with Gasteiger partial charge in [-0.1, -0.05) is 18.2 Å². The molecule has 0 fully saturated rings. The van der Waals surface area contributed by atoms with Crippen LogP contribution in [0.4, 0.5) is 5.69 Å². The number of ether oxygens (including phenoxy) is 1. The van der Waals surface area contributed by atoms with Gasteiger partial charge in [-0.2, -0.15) is 0 Å². The van der Waals surface area contributed by atoms with Gasteiger partial charge in [-0.05, 0) is 42.8 Å². The lowest BCUT2D eigenvalue weighted by Gasteiger charge is -2.23. The van der Waals surface area contributed by atoms with E-state index in [2.05, 4.69) is 24.0 Å². The van der Waals surface area contributed by atoms with E-state index in [1.807, 2.05) is 24.3 Å². The van der Waals surface area contributed by atoms with E-state index in [1.54, 1.807) is 25.3 Å². The number of anilines is 1. The number of fused-ring (bicyclic) bond motifs is 1. The van der Waals surface area contributed by atoms with Crippen LogP contribution in [0.3, 0.4) is 0 Å². The molecule has 23 heavy (non-hydrogen) atoms. The SMILES string of the molecule is CCN(Cc1cc(=O)oc2ccc(OC)cc12)c1ccccc1. The zero-order valence-electron chi connectivity index (χ0n) is 13.3. The third-order valence-corrected chi connectivity index (χ3v) is 3.90. The number of rotatable bonds is 5. The molecule has 3 aromatic rings. The lowest BCUT2D eigenvalue weighted by molar-refractivity contribution is 0.415. The second-order valence-corrected chi connectivity index (χ2v) is 5.30. The Morgan fingerprint density at radius 1 is 1.09 bits per heavy atom. The minimum atomic E-state index is -0.332. The smallest absolute Gasteiger partial charge is 0.336 e. The lowest BCUT2D eigenvalue weighted by Crippen LogP contribution is -2.22. The molecule has 0 saturated carbocycles. The summed E-state index contributed by atoms with van der Waals surface area (Å²) in [5.74, 6) is 0.746. The van der Waals surface area contributed by atoms with Crippen molar-refractivity contribution in [2.75, 3.05) is 18.6 Å². The summed E-state index contributed by atoms with van der Waals surface area (Å²) in [7, 11) is 1.63. The predicted octanol–water partition coefficient (Wildman–Crippen LogP) is 3.83.